The van der Waals surface area contributed by atoms with Crippen molar-refractivity contribution in [3.05, 3.63) is 95.7 Å². The van der Waals surface area contributed by atoms with Gasteiger partial charge in [-0.15, -0.1) is 0 Å². The molecule has 5 nitrogen and oxygen atoms in total. The van der Waals surface area contributed by atoms with Crippen LogP contribution in [0.15, 0.2) is 79.0 Å². The van der Waals surface area contributed by atoms with Crippen molar-refractivity contribution < 1.29 is 14.7 Å². The molecular formula is C28H26N2O3S. The number of aromatic amines is 1. The van der Waals surface area contributed by atoms with Crippen molar-refractivity contribution in [1.29, 1.82) is 0 Å². The quantitative estimate of drug-likeness (QED) is 0.278. The fourth-order valence-electron chi connectivity index (χ4n) is 4.92. The molecule has 0 fully saturated rings. The second-order valence-corrected chi connectivity index (χ2v) is 9.21. The topological polar surface area (TPSA) is 82.2 Å². The fourth-order valence-corrected chi connectivity index (χ4v) is 5.34. The molecule has 0 bridgehead atoms. The first-order chi connectivity index (χ1) is 16.5. The zero-order valence-corrected chi connectivity index (χ0v) is 19.5. The number of aromatic nitrogens is 1. The first-order valence-corrected chi connectivity index (χ1v) is 12.1. The number of carboxylic acid groups (broad SMARTS) is 1. The number of benzene rings is 3. The summed E-state index contributed by atoms with van der Waals surface area (Å²) in [6.07, 6.45) is 2.82. The van der Waals surface area contributed by atoms with Crippen LogP contribution >= 0.6 is 12.6 Å². The molecule has 5 rings (SSSR count). The van der Waals surface area contributed by atoms with Crippen LogP contribution in [0.1, 0.15) is 22.6 Å². The maximum absolute atomic E-state index is 13.2. The SMILES string of the molecule is O=C(O)[C@H](Cc1c[nH]c2ccccc12)NC(=O)[C@H](CS)[C@H]1Cc2cc(-c3ccccc3)ccc21. The van der Waals surface area contributed by atoms with Gasteiger partial charge in [-0.3, -0.25) is 4.79 Å². The van der Waals surface area contributed by atoms with Crippen LogP contribution in [0.3, 0.4) is 0 Å². The highest BCUT2D eigenvalue weighted by Crippen LogP contribution is 2.42. The van der Waals surface area contributed by atoms with Gasteiger partial charge in [-0.1, -0.05) is 66.7 Å². The van der Waals surface area contributed by atoms with E-state index < -0.39 is 12.0 Å². The molecule has 0 aliphatic heterocycles. The van der Waals surface area contributed by atoms with Crippen LogP contribution in [-0.2, 0) is 22.4 Å². The van der Waals surface area contributed by atoms with Crippen LogP contribution in [0.2, 0.25) is 0 Å². The van der Waals surface area contributed by atoms with Crippen LogP contribution < -0.4 is 5.32 Å². The number of para-hydroxylation sites is 1. The van der Waals surface area contributed by atoms with Gasteiger partial charge in [0, 0.05) is 35.2 Å². The highest BCUT2D eigenvalue weighted by atomic mass is 32.1. The molecule has 172 valence electrons. The molecule has 3 aromatic carbocycles. The summed E-state index contributed by atoms with van der Waals surface area (Å²) in [7, 11) is 0. The summed E-state index contributed by atoms with van der Waals surface area (Å²) in [6, 6.07) is 23.3. The third-order valence-electron chi connectivity index (χ3n) is 6.82. The van der Waals surface area contributed by atoms with E-state index in [1.807, 2.05) is 48.7 Å². The Labute approximate surface area is 203 Å². The van der Waals surface area contributed by atoms with Gasteiger partial charge in [0.1, 0.15) is 6.04 Å². The number of fused-ring (bicyclic) bond motifs is 2. The second-order valence-electron chi connectivity index (χ2n) is 8.84. The summed E-state index contributed by atoms with van der Waals surface area (Å²) in [4.78, 5) is 28.3. The Balaban J connectivity index is 1.30. The van der Waals surface area contributed by atoms with Crippen molar-refractivity contribution >= 4 is 35.4 Å². The number of carboxylic acids is 1. The number of carbonyl (C=O) groups is 2. The van der Waals surface area contributed by atoms with Crippen molar-refractivity contribution in [1.82, 2.24) is 10.3 Å². The normalized spacial score (nSPS) is 16.3. The molecule has 0 saturated heterocycles. The van der Waals surface area contributed by atoms with Gasteiger partial charge in [-0.2, -0.15) is 12.6 Å². The van der Waals surface area contributed by atoms with Gasteiger partial charge in [-0.05, 0) is 40.3 Å². The number of aliphatic carboxylic acids is 1. The van der Waals surface area contributed by atoms with Crippen molar-refractivity contribution in [2.45, 2.75) is 24.8 Å². The van der Waals surface area contributed by atoms with E-state index in [4.69, 9.17) is 0 Å². The number of amides is 1. The Morgan fingerprint density at radius 1 is 1.03 bits per heavy atom. The molecule has 3 atom stereocenters. The highest BCUT2D eigenvalue weighted by molar-refractivity contribution is 7.80. The summed E-state index contributed by atoms with van der Waals surface area (Å²) in [6.45, 7) is 0. The van der Waals surface area contributed by atoms with Crippen LogP contribution in [0.5, 0.6) is 0 Å². The van der Waals surface area contributed by atoms with Crippen molar-refractivity contribution in [3.63, 3.8) is 0 Å². The van der Waals surface area contributed by atoms with E-state index in [0.29, 0.717) is 5.75 Å². The van der Waals surface area contributed by atoms with Crippen LogP contribution in [-0.4, -0.2) is 33.8 Å². The smallest absolute Gasteiger partial charge is 0.326 e. The largest absolute Gasteiger partial charge is 0.480 e. The highest BCUT2D eigenvalue weighted by Gasteiger charge is 2.37. The van der Waals surface area contributed by atoms with Gasteiger partial charge in [0.2, 0.25) is 5.91 Å². The minimum Gasteiger partial charge on any atom is -0.480 e. The molecule has 0 unspecified atom stereocenters. The van der Waals surface area contributed by atoms with Crippen LogP contribution in [0.25, 0.3) is 22.0 Å². The predicted octanol–water partition coefficient (Wildman–Crippen LogP) is 4.83. The standard InChI is InChI=1S/C28H26N2O3S/c31-27(30-26(28(32)33)14-20-15-29-25-9-5-4-8-22(20)25)24(16-34)23-13-19-12-18(10-11-21(19)23)17-6-2-1-3-7-17/h1-12,15,23-24,26,29,34H,13-14,16H2,(H,30,31)(H,32,33)/t23-,24+,26-/m0/s1. The van der Waals surface area contributed by atoms with Crippen molar-refractivity contribution in [2.75, 3.05) is 5.75 Å². The van der Waals surface area contributed by atoms with Gasteiger partial charge in [0.05, 0.1) is 5.92 Å². The number of carbonyl (C=O) groups excluding carboxylic acids is 1. The Bertz CT molecular complexity index is 1350. The predicted molar refractivity (Wildman–Crippen MR) is 137 cm³/mol. The Morgan fingerprint density at radius 2 is 1.79 bits per heavy atom. The zero-order valence-electron chi connectivity index (χ0n) is 18.6. The third kappa shape index (κ3) is 4.21. The average molecular weight is 471 g/mol. The van der Waals surface area contributed by atoms with E-state index in [9.17, 15) is 14.7 Å². The van der Waals surface area contributed by atoms with E-state index in [1.54, 1.807) is 0 Å². The average Bonchev–Trinajstić information content (AvgIpc) is 3.25. The number of hydrogen-bond donors (Lipinski definition) is 4. The Kier molecular flexibility index (Phi) is 6.16. The first kappa shape index (κ1) is 22.3. The summed E-state index contributed by atoms with van der Waals surface area (Å²) in [5, 5.41) is 13.6. The summed E-state index contributed by atoms with van der Waals surface area (Å²) in [5.74, 6) is -1.29. The molecule has 1 aromatic heterocycles. The van der Waals surface area contributed by atoms with Crippen molar-refractivity contribution in [2.24, 2.45) is 5.92 Å². The molecule has 6 heteroatoms. The Morgan fingerprint density at radius 3 is 2.53 bits per heavy atom. The monoisotopic (exact) mass is 470 g/mol. The van der Waals surface area contributed by atoms with E-state index in [2.05, 4.69) is 53.3 Å². The number of thiol groups is 1. The van der Waals surface area contributed by atoms with Crippen LogP contribution in [0, 0.1) is 5.92 Å². The molecule has 1 aliphatic carbocycles. The minimum atomic E-state index is -1.04. The minimum absolute atomic E-state index is 0.0415. The number of hydrogen-bond acceptors (Lipinski definition) is 3. The van der Waals surface area contributed by atoms with E-state index in [-0.39, 0.29) is 24.2 Å². The summed E-state index contributed by atoms with van der Waals surface area (Å²) in [5.41, 5.74) is 6.53. The fraction of sp³-hybridized carbons (Fsp3) is 0.214. The molecule has 0 radical (unpaired) electrons. The molecule has 1 amide bonds. The molecule has 0 spiro atoms. The second kappa shape index (κ2) is 9.39. The van der Waals surface area contributed by atoms with Gasteiger partial charge < -0.3 is 15.4 Å². The third-order valence-corrected chi connectivity index (χ3v) is 7.22. The van der Waals surface area contributed by atoms with Crippen LogP contribution in [0.4, 0.5) is 0 Å². The summed E-state index contributed by atoms with van der Waals surface area (Å²) >= 11 is 4.45. The molecule has 3 N–H and O–H groups in total. The summed E-state index contributed by atoms with van der Waals surface area (Å²) < 4.78 is 0. The molecule has 34 heavy (non-hydrogen) atoms. The van der Waals surface area contributed by atoms with E-state index >= 15 is 0 Å². The maximum Gasteiger partial charge on any atom is 0.326 e. The molecule has 1 aliphatic rings. The zero-order chi connectivity index (χ0) is 23.7. The number of rotatable bonds is 8. The first-order valence-electron chi connectivity index (χ1n) is 11.4. The molecular weight excluding hydrogens is 444 g/mol. The lowest BCUT2D eigenvalue weighted by Crippen LogP contribution is -2.47. The number of nitrogens with one attached hydrogen (secondary N) is 2. The van der Waals surface area contributed by atoms with Gasteiger partial charge >= 0.3 is 5.97 Å². The molecule has 4 aromatic rings. The van der Waals surface area contributed by atoms with Gasteiger partial charge in [0.25, 0.3) is 0 Å². The van der Waals surface area contributed by atoms with Gasteiger partial charge in [0.15, 0.2) is 0 Å². The molecule has 0 saturated carbocycles. The molecule has 1 heterocycles. The number of H-pyrrole nitrogens is 1. The van der Waals surface area contributed by atoms with Gasteiger partial charge in [-0.25, -0.2) is 4.79 Å². The lowest BCUT2D eigenvalue weighted by Gasteiger charge is -2.36. The van der Waals surface area contributed by atoms with E-state index in [1.165, 1.54) is 11.1 Å². The maximum atomic E-state index is 13.2. The lowest BCUT2D eigenvalue weighted by molar-refractivity contribution is -0.142. The van der Waals surface area contributed by atoms with Crippen molar-refractivity contribution in [3.8, 4) is 11.1 Å². The van der Waals surface area contributed by atoms with E-state index in [0.717, 1.165) is 34.0 Å². The Hall–Kier alpha value is -3.51. The lowest BCUT2D eigenvalue weighted by atomic mass is 9.70.